The highest BCUT2D eigenvalue weighted by Crippen LogP contribution is 2.22. The van der Waals surface area contributed by atoms with Crippen molar-refractivity contribution in [3.8, 4) is 0 Å². The molecule has 3 nitrogen and oxygen atoms in total. The Morgan fingerprint density at radius 2 is 0.800 bits per heavy atom. The van der Waals surface area contributed by atoms with Crippen LogP contribution in [0.1, 0.15) is 0 Å². The van der Waals surface area contributed by atoms with Crippen LogP contribution in [0.2, 0.25) is 78.6 Å². The molecule has 0 saturated heterocycles. The third-order valence-corrected chi connectivity index (χ3v) is 12.6. The molecule has 20 heavy (non-hydrogen) atoms. The Balaban J connectivity index is 5.54. The van der Waals surface area contributed by atoms with Crippen LogP contribution in [0.3, 0.4) is 0 Å². The van der Waals surface area contributed by atoms with Gasteiger partial charge in [-0.15, -0.1) is 0 Å². The molecule has 0 aliphatic heterocycles. The van der Waals surface area contributed by atoms with E-state index in [-0.39, 0.29) is 0 Å². The molecule has 0 aliphatic rings. The van der Waals surface area contributed by atoms with E-state index in [1.807, 2.05) is 0 Å². The van der Waals surface area contributed by atoms with Gasteiger partial charge in [0, 0.05) is 0 Å². The molecule has 0 saturated carbocycles. The van der Waals surface area contributed by atoms with Gasteiger partial charge in [0.2, 0.25) is 0 Å². The number of nitrogens with zero attached hydrogens (tertiary/aromatic N) is 1. The van der Waals surface area contributed by atoms with Crippen molar-refractivity contribution in [3.63, 3.8) is 0 Å². The molecule has 7 heteroatoms. The molecule has 0 amide bonds. The van der Waals surface area contributed by atoms with Crippen molar-refractivity contribution >= 4 is 32.9 Å². The van der Waals surface area contributed by atoms with Crippen molar-refractivity contribution in [3.05, 3.63) is 0 Å². The van der Waals surface area contributed by atoms with Gasteiger partial charge in [-0.1, -0.05) is 78.6 Å². The summed E-state index contributed by atoms with van der Waals surface area (Å²) < 4.78 is 2.87. The van der Waals surface area contributed by atoms with Gasteiger partial charge >= 0.3 is 0 Å². The lowest BCUT2D eigenvalue weighted by Crippen LogP contribution is -2.75. The Hall–Kier alpha value is 0.748. The molecule has 0 bridgehead atoms. The fourth-order valence-corrected chi connectivity index (χ4v) is 15.3. The second-order valence-corrected chi connectivity index (χ2v) is 29.6. The first kappa shape index (κ1) is 20.7. The second kappa shape index (κ2) is 6.47. The van der Waals surface area contributed by atoms with Gasteiger partial charge in [0.25, 0.3) is 0 Å². The van der Waals surface area contributed by atoms with Crippen LogP contribution in [0.25, 0.3) is 0 Å². The summed E-state index contributed by atoms with van der Waals surface area (Å²) in [5.74, 6) is 0. The molecule has 0 unspecified atom stereocenters. The van der Waals surface area contributed by atoms with Crippen molar-refractivity contribution in [2.75, 3.05) is 0 Å². The molecule has 0 aromatic heterocycles. The smallest absolute Gasteiger partial charge is 0.118 e. The van der Waals surface area contributed by atoms with Gasteiger partial charge < -0.3 is 14.2 Å². The zero-order valence-electron chi connectivity index (χ0n) is 16.0. The first-order valence-corrected chi connectivity index (χ1v) is 21.7. The molecule has 0 radical (unpaired) electrons. The van der Waals surface area contributed by atoms with E-state index in [9.17, 15) is 0 Å². The van der Waals surface area contributed by atoms with Gasteiger partial charge in [-0.3, -0.25) is 0 Å². The number of nitrogens with one attached hydrogen (secondary N) is 2. The van der Waals surface area contributed by atoms with E-state index in [0.717, 1.165) is 0 Å². The van der Waals surface area contributed by atoms with Crippen LogP contribution in [0.15, 0.2) is 0 Å². The Kier molecular flexibility index (Phi) is 6.71. The van der Waals surface area contributed by atoms with E-state index in [2.05, 4.69) is 92.8 Å². The van der Waals surface area contributed by atoms with Crippen LogP contribution in [-0.2, 0) is 0 Å². The summed E-state index contributed by atoms with van der Waals surface area (Å²) >= 11 is 0. The third kappa shape index (κ3) is 8.25. The Morgan fingerprint density at radius 3 is 0.950 bits per heavy atom. The highest BCUT2D eigenvalue weighted by Gasteiger charge is 2.41. The van der Waals surface area contributed by atoms with Crippen molar-refractivity contribution in [1.29, 1.82) is 0 Å². The van der Waals surface area contributed by atoms with Crippen LogP contribution in [-0.4, -0.2) is 43.5 Å². The normalized spacial score (nSPS) is 15.3. The molecule has 0 atom stereocenters. The monoisotopic (exact) mass is 349 g/mol. The SMILES string of the molecule is C[Si](C)(C)NC(N[Si](C)(C)C)N([Si](C)(C)C)[Si](C)(C)C. The molecule has 0 fully saturated rings. The molecule has 0 rings (SSSR count). The van der Waals surface area contributed by atoms with Crippen LogP contribution in [0.5, 0.6) is 0 Å². The summed E-state index contributed by atoms with van der Waals surface area (Å²) in [6.45, 7) is 29.3. The minimum atomic E-state index is -1.37. The average Bonchev–Trinajstić information content (AvgIpc) is 1.87. The minimum absolute atomic E-state index is 0.367. The first-order chi connectivity index (χ1) is 8.43. The van der Waals surface area contributed by atoms with E-state index in [1.54, 1.807) is 0 Å². The van der Waals surface area contributed by atoms with Gasteiger partial charge in [-0.25, -0.2) is 0 Å². The van der Waals surface area contributed by atoms with E-state index in [0.29, 0.717) is 6.29 Å². The molecule has 0 aliphatic carbocycles. The largest absolute Gasteiger partial charge is 0.320 e. The van der Waals surface area contributed by atoms with E-state index >= 15 is 0 Å². The topological polar surface area (TPSA) is 27.3 Å². The quantitative estimate of drug-likeness (QED) is 0.535. The van der Waals surface area contributed by atoms with Crippen molar-refractivity contribution in [2.45, 2.75) is 84.9 Å². The maximum absolute atomic E-state index is 3.98. The van der Waals surface area contributed by atoms with Gasteiger partial charge in [-0.2, -0.15) is 0 Å². The summed E-state index contributed by atoms with van der Waals surface area (Å²) in [5.41, 5.74) is 0. The standard InChI is InChI=1S/C13H39N3Si4/c1-17(2,3)14-13(15-18(4,5)6)16(19(7,8)9)20(10,11)12/h13-15H,1-12H3. The van der Waals surface area contributed by atoms with Gasteiger partial charge in [0.1, 0.15) is 32.9 Å². The lowest BCUT2D eigenvalue weighted by atomic mass is 11.0. The Morgan fingerprint density at radius 1 is 0.550 bits per heavy atom. The van der Waals surface area contributed by atoms with Gasteiger partial charge in [0.05, 0.1) is 6.29 Å². The van der Waals surface area contributed by atoms with E-state index in [4.69, 9.17) is 0 Å². The molecule has 2 N–H and O–H groups in total. The van der Waals surface area contributed by atoms with Crippen molar-refractivity contribution < 1.29 is 0 Å². The van der Waals surface area contributed by atoms with Gasteiger partial charge in [-0.05, 0) is 0 Å². The zero-order chi connectivity index (χ0) is 16.6. The average molecular weight is 350 g/mol. The van der Waals surface area contributed by atoms with Crippen LogP contribution >= 0.6 is 0 Å². The minimum Gasteiger partial charge on any atom is -0.320 e. The second-order valence-electron chi connectivity index (χ2n) is 9.90. The molecule has 122 valence electrons. The van der Waals surface area contributed by atoms with Crippen molar-refractivity contribution in [1.82, 2.24) is 14.2 Å². The summed E-state index contributed by atoms with van der Waals surface area (Å²) in [7, 11) is -5.40. The predicted molar refractivity (Wildman–Crippen MR) is 105 cm³/mol. The Labute approximate surface area is 132 Å². The number of hydrogen-bond acceptors (Lipinski definition) is 3. The fraction of sp³-hybridized carbons (Fsp3) is 1.00. The summed E-state index contributed by atoms with van der Waals surface area (Å²) in [4.78, 5) is 7.97. The predicted octanol–water partition coefficient (Wildman–Crippen LogP) is 4.09. The van der Waals surface area contributed by atoms with E-state index in [1.165, 1.54) is 0 Å². The highest BCUT2D eigenvalue weighted by molar-refractivity contribution is 6.90. The van der Waals surface area contributed by atoms with Crippen LogP contribution < -0.4 is 9.96 Å². The summed E-state index contributed by atoms with van der Waals surface area (Å²) in [6, 6.07) is 0. The first-order valence-electron chi connectivity index (χ1n) is 7.78. The lowest BCUT2D eigenvalue weighted by molar-refractivity contribution is 0.390. The van der Waals surface area contributed by atoms with Crippen LogP contribution in [0.4, 0.5) is 0 Å². The van der Waals surface area contributed by atoms with Crippen molar-refractivity contribution in [2.24, 2.45) is 0 Å². The van der Waals surface area contributed by atoms with E-state index < -0.39 is 32.9 Å². The summed E-state index contributed by atoms with van der Waals surface area (Å²) in [5, 5.41) is 0. The lowest BCUT2D eigenvalue weighted by Gasteiger charge is -2.52. The third-order valence-electron chi connectivity index (χ3n) is 2.84. The molecular formula is C13H39N3Si4. The highest BCUT2D eigenvalue weighted by atomic mass is 28.4. The summed E-state index contributed by atoms with van der Waals surface area (Å²) in [6.07, 6.45) is 0.367. The molecule has 0 aromatic rings. The maximum atomic E-state index is 3.98. The number of rotatable bonds is 7. The fourth-order valence-electron chi connectivity index (χ4n) is 2.77. The Bertz CT molecular complexity index is 278. The zero-order valence-corrected chi connectivity index (χ0v) is 20.0. The molecule has 0 aromatic carbocycles. The number of hydrogen-bond donors (Lipinski definition) is 2. The van der Waals surface area contributed by atoms with Crippen LogP contribution in [0, 0.1) is 0 Å². The maximum Gasteiger partial charge on any atom is 0.118 e. The molecule has 0 heterocycles. The molecule has 0 spiro atoms. The van der Waals surface area contributed by atoms with Gasteiger partial charge in [0.15, 0.2) is 0 Å². The molecular weight excluding hydrogens is 311 g/mol.